The Balaban J connectivity index is 1.72. The van der Waals surface area contributed by atoms with Crippen molar-refractivity contribution >= 4 is 17.6 Å². The topological polar surface area (TPSA) is 49.9 Å². The van der Waals surface area contributed by atoms with Crippen LogP contribution in [0.2, 0.25) is 0 Å². The van der Waals surface area contributed by atoms with Crippen LogP contribution in [-0.2, 0) is 20.9 Å². The second-order valence-corrected chi connectivity index (χ2v) is 6.89. The summed E-state index contributed by atoms with van der Waals surface area (Å²) in [6.07, 6.45) is 3.25. The van der Waals surface area contributed by atoms with Crippen molar-refractivity contribution in [3.8, 4) is 0 Å². The van der Waals surface area contributed by atoms with Crippen molar-refractivity contribution in [1.82, 2.24) is 4.90 Å². The standard InChI is InChI=1S/C19H26N2O3/c1-20-10-11-21(13-16-6-3-4-9-17(16)20)18(22)14-7-5-8-15(12-14)19(23)24-2/h3-4,6,9,14-15H,5,7-8,10-13H2,1-2H3/t14-,15+/m1/s1. The molecule has 1 saturated carbocycles. The minimum atomic E-state index is -0.173. The number of nitrogens with zero attached hydrogens (tertiary/aromatic N) is 2. The molecule has 2 aliphatic rings. The largest absolute Gasteiger partial charge is 0.469 e. The number of ether oxygens (including phenoxy) is 1. The van der Waals surface area contributed by atoms with E-state index in [1.165, 1.54) is 18.4 Å². The first kappa shape index (κ1) is 16.8. The highest BCUT2D eigenvalue weighted by Gasteiger charge is 2.34. The maximum Gasteiger partial charge on any atom is 0.308 e. The van der Waals surface area contributed by atoms with E-state index in [-0.39, 0.29) is 23.7 Å². The van der Waals surface area contributed by atoms with Crippen molar-refractivity contribution in [2.75, 3.05) is 32.1 Å². The number of anilines is 1. The average molecular weight is 330 g/mol. The van der Waals surface area contributed by atoms with Gasteiger partial charge in [0, 0.05) is 38.3 Å². The maximum atomic E-state index is 13.0. The monoisotopic (exact) mass is 330 g/mol. The van der Waals surface area contributed by atoms with E-state index in [0.717, 1.165) is 32.4 Å². The number of carbonyl (C=O) groups is 2. The molecular weight excluding hydrogens is 304 g/mol. The van der Waals surface area contributed by atoms with Crippen LogP contribution in [0.15, 0.2) is 24.3 Å². The Kier molecular flexibility index (Phi) is 5.07. The van der Waals surface area contributed by atoms with Crippen LogP contribution in [0.1, 0.15) is 31.2 Å². The van der Waals surface area contributed by atoms with Crippen molar-refractivity contribution in [1.29, 1.82) is 0 Å². The first-order chi connectivity index (χ1) is 11.6. The number of para-hydroxylation sites is 1. The first-order valence-corrected chi connectivity index (χ1v) is 8.75. The van der Waals surface area contributed by atoms with Crippen LogP contribution >= 0.6 is 0 Å². The van der Waals surface area contributed by atoms with Crippen molar-refractivity contribution in [3.05, 3.63) is 29.8 Å². The normalized spacial score (nSPS) is 24.1. The molecule has 1 aromatic rings. The van der Waals surface area contributed by atoms with Crippen LogP contribution in [-0.4, -0.2) is 44.0 Å². The minimum absolute atomic E-state index is 0.0570. The summed E-state index contributed by atoms with van der Waals surface area (Å²) in [7, 11) is 3.50. The van der Waals surface area contributed by atoms with Gasteiger partial charge in [-0.3, -0.25) is 9.59 Å². The molecule has 0 N–H and O–H groups in total. The molecule has 0 radical (unpaired) electrons. The Morgan fingerprint density at radius 1 is 1.12 bits per heavy atom. The smallest absolute Gasteiger partial charge is 0.308 e. The number of hydrogen-bond donors (Lipinski definition) is 0. The molecule has 0 aromatic heterocycles. The number of esters is 1. The molecule has 1 aliphatic carbocycles. The summed E-state index contributed by atoms with van der Waals surface area (Å²) in [5.74, 6) is -0.166. The quantitative estimate of drug-likeness (QED) is 0.782. The van der Waals surface area contributed by atoms with Gasteiger partial charge in [0.05, 0.1) is 13.0 Å². The van der Waals surface area contributed by atoms with E-state index in [9.17, 15) is 9.59 Å². The molecule has 24 heavy (non-hydrogen) atoms. The van der Waals surface area contributed by atoms with Crippen molar-refractivity contribution in [2.24, 2.45) is 11.8 Å². The highest BCUT2D eigenvalue weighted by atomic mass is 16.5. The summed E-state index contributed by atoms with van der Waals surface area (Å²) >= 11 is 0. The zero-order valence-corrected chi connectivity index (χ0v) is 14.5. The predicted molar refractivity (Wildman–Crippen MR) is 92.6 cm³/mol. The third-order valence-corrected chi connectivity index (χ3v) is 5.34. The Morgan fingerprint density at radius 2 is 1.88 bits per heavy atom. The van der Waals surface area contributed by atoms with Gasteiger partial charge >= 0.3 is 5.97 Å². The molecule has 130 valence electrons. The summed E-state index contributed by atoms with van der Waals surface area (Å²) in [5.41, 5.74) is 2.38. The lowest BCUT2D eigenvalue weighted by Gasteiger charge is -2.31. The van der Waals surface area contributed by atoms with Crippen LogP contribution in [0.5, 0.6) is 0 Å². The zero-order valence-electron chi connectivity index (χ0n) is 14.5. The molecule has 1 fully saturated rings. The van der Waals surface area contributed by atoms with Crippen molar-refractivity contribution < 1.29 is 14.3 Å². The van der Waals surface area contributed by atoms with E-state index < -0.39 is 0 Å². The number of likely N-dealkylation sites (N-methyl/N-ethyl adjacent to an activating group) is 1. The second-order valence-electron chi connectivity index (χ2n) is 6.89. The van der Waals surface area contributed by atoms with Gasteiger partial charge < -0.3 is 14.5 Å². The fourth-order valence-electron chi connectivity index (χ4n) is 3.93. The SMILES string of the molecule is COC(=O)[C@H]1CCC[C@@H](C(=O)N2CCN(C)c3ccccc3C2)C1. The van der Waals surface area contributed by atoms with E-state index in [1.807, 2.05) is 17.0 Å². The molecule has 5 nitrogen and oxygen atoms in total. The molecule has 2 atom stereocenters. The van der Waals surface area contributed by atoms with Gasteiger partial charge in [-0.25, -0.2) is 0 Å². The van der Waals surface area contributed by atoms with Crippen LogP contribution < -0.4 is 4.90 Å². The molecule has 1 aliphatic heterocycles. The second kappa shape index (κ2) is 7.24. The van der Waals surface area contributed by atoms with E-state index in [2.05, 4.69) is 24.1 Å². The Bertz CT molecular complexity index is 616. The van der Waals surface area contributed by atoms with Gasteiger partial charge in [-0.2, -0.15) is 0 Å². The lowest BCUT2D eigenvalue weighted by atomic mass is 9.80. The van der Waals surface area contributed by atoms with E-state index >= 15 is 0 Å². The Morgan fingerprint density at radius 3 is 2.67 bits per heavy atom. The summed E-state index contributed by atoms with van der Waals surface area (Å²) in [6.45, 7) is 2.21. The molecule has 0 spiro atoms. The van der Waals surface area contributed by atoms with Gasteiger partial charge in [-0.1, -0.05) is 24.6 Å². The van der Waals surface area contributed by atoms with Gasteiger partial charge in [-0.15, -0.1) is 0 Å². The number of benzene rings is 1. The summed E-state index contributed by atoms with van der Waals surface area (Å²) in [4.78, 5) is 29.0. The van der Waals surface area contributed by atoms with Crippen LogP contribution in [0, 0.1) is 11.8 Å². The average Bonchev–Trinajstić information content (AvgIpc) is 2.80. The van der Waals surface area contributed by atoms with Gasteiger partial charge in [0.2, 0.25) is 5.91 Å². The third-order valence-electron chi connectivity index (χ3n) is 5.34. The lowest BCUT2D eigenvalue weighted by Crippen LogP contribution is -2.40. The molecule has 1 amide bonds. The number of hydrogen-bond acceptors (Lipinski definition) is 4. The fourth-order valence-corrected chi connectivity index (χ4v) is 3.93. The highest BCUT2D eigenvalue weighted by Crippen LogP contribution is 2.32. The Hall–Kier alpha value is -2.04. The summed E-state index contributed by atoms with van der Waals surface area (Å²) in [5, 5.41) is 0. The molecule has 1 aromatic carbocycles. The van der Waals surface area contributed by atoms with Gasteiger partial charge in [0.15, 0.2) is 0 Å². The maximum absolute atomic E-state index is 13.0. The minimum Gasteiger partial charge on any atom is -0.469 e. The number of rotatable bonds is 2. The molecule has 5 heteroatoms. The van der Waals surface area contributed by atoms with E-state index in [1.54, 1.807) is 0 Å². The third kappa shape index (κ3) is 3.40. The van der Waals surface area contributed by atoms with Crippen LogP contribution in [0.3, 0.4) is 0 Å². The zero-order chi connectivity index (χ0) is 17.1. The number of amides is 1. The number of fused-ring (bicyclic) bond motifs is 1. The van der Waals surface area contributed by atoms with Crippen LogP contribution in [0.4, 0.5) is 5.69 Å². The molecule has 0 saturated heterocycles. The fraction of sp³-hybridized carbons (Fsp3) is 0.579. The molecule has 0 bridgehead atoms. The van der Waals surface area contributed by atoms with E-state index in [0.29, 0.717) is 13.0 Å². The summed E-state index contributed by atoms with van der Waals surface area (Å²) in [6, 6.07) is 8.26. The Labute approximate surface area is 143 Å². The van der Waals surface area contributed by atoms with Gasteiger partial charge in [-0.05, 0) is 30.9 Å². The van der Waals surface area contributed by atoms with Crippen LogP contribution in [0.25, 0.3) is 0 Å². The number of carbonyl (C=O) groups excluding carboxylic acids is 2. The highest BCUT2D eigenvalue weighted by molar-refractivity contribution is 5.81. The van der Waals surface area contributed by atoms with Crippen molar-refractivity contribution in [2.45, 2.75) is 32.2 Å². The van der Waals surface area contributed by atoms with E-state index in [4.69, 9.17) is 4.74 Å². The predicted octanol–water partition coefficient (Wildman–Crippen LogP) is 2.44. The summed E-state index contributed by atoms with van der Waals surface area (Å²) < 4.78 is 4.87. The first-order valence-electron chi connectivity index (χ1n) is 8.75. The molecule has 3 rings (SSSR count). The van der Waals surface area contributed by atoms with Crippen molar-refractivity contribution in [3.63, 3.8) is 0 Å². The lowest BCUT2D eigenvalue weighted by molar-refractivity contribution is -0.148. The molecule has 0 unspecified atom stereocenters. The van der Waals surface area contributed by atoms with Gasteiger partial charge in [0.25, 0.3) is 0 Å². The molecular formula is C19H26N2O3. The number of methoxy groups -OCH3 is 1. The molecule has 1 heterocycles. The van der Waals surface area contributed by atoms with Gasteiger partial charge in [0.1, 0.15) is 0 Å².